The number of amides is 1. The van der Waals surface area contributed by atoms with E-state index in [-0.39, 0.29) is 5.91 Å². The molecule has 2 rings (SSSR count). The van der Waals surface area contributed by atoms with Crippen LogP contribution in [0.4, 0.5) is 0 Å². The Morgan fingerprint density at radius 2 is 2.14 bits per heavy atom. The molecule has 0 spiro atoms. The van der Waals surface area contributed by atoms with E-state index >= 15 is 0 Å². The lowest BCUT2D eigenvalue weighted by Crippen LogP contribution is -2.36. The molecule has 0 aliphatic heterocycles. The van der Waals surface area contributed by atoms with Crippen molar-refractivity contribution in [1.82, 2.24) is 10.3 Å². The number of benzene rings is 1. The fourth-order valence-electron chi connectivity index (χ4n) is 1.91. The minimum atomic E-state index is -0.537. The number of carbonyl (C=O) groups excluding carboxylic acids is 1. The van der Waals surface area contributed by atoms with Gasteiger partial charge in [-0.1, -0.05) is 12.1 Å². The van der Waals surface area contributed by atoms with Gasteiger partial charge in [0.05, 0.1) is 17.2 Å². The van der Waals surface area contributed by atoms with Gasteiger partial charge in [-0.25, -0.2) is 4.98 Å². The fourth-order valence-corrected chi connectivity index (χ4v) is 2.52. The smallest absolute Gasteiger partial charge is 0.261 e. The van der Waals surface area contributed by atoms with Crippen LogP contribution in [0.5, 0.6) is 5.75 Å². The average Bonchev–Trinajstić information content (AvgIpc) is 2.87. The van der Waals surface area contributed by atoms with Crippen molar-refractivity contribution in [3.63, 3.8) is 0 Å². The minimum Gasteiger partial charge on any atom is -0.481 e. The van der Waals surface area contributed by atoms with Crippen LogP contribution in [0.1, 0.15) is 28.8 Å². The predicted octanol–water partition coefficient (Wildman–Crippen LogP) is 3.15. The Labute approximate surface area is 129 Å². The molecule has 1 heterocycles. The zero-order valence-corrected chi connectivity index (χ0v) is 13.6. The number of rotatable bonds is 5. The van der Waals surface area contributed by atoms with E-state index in [9.17, 15) is 4.79 Å². The van der Waals surface area contributed by atoms with Crippen LogP contribution in [0, 0.1) is 20.8 Å². The second-order valence-corrected chi connectivity index (χ2v) is 6.10. The zero-order chi connectivity index (χ0) is 15.4. The monoisotopic (exact) mass is 304 g/mol. The Balaban J connectivity index is 1.92. The molecule has 1 N–H and O–H groups in total. The van der Waals surface area contributed by atoms with Crippen LogP contribution in [0.3, 0.4) is 0 Å². The Morgan fingerprint density at radius 3 is 2.81 bits per heavy atom. The first-order chi connectivity index (χ1) is 9.97. The van der Waals surface area contributed by atoms with Crippen molar-refractivity contribution in [2.75, 3.05) is 0 Å². The third-order valence-corrected chi connectivity index (χ3v) is 4.16. The lowest BCUT2D eigenvalue weighted by molar-refractivity contribution is -0.127. The van der Waals surface area contributed by atoms with Crippen LogP contribution in [-0.2, 0) is 11.3 Å². The van der Waals surface area contributed by atoms with Crippen LogP contribution < -0.4 is 10.1 Å². The van der Waals surface area contributed by atoms with Gasteiger partial charge in [-0.05, 0) is 44.9 Å². The second kappa shape index (κ2) is 6.72. The molecule has 21 heavy (non-hydrogen) atoms. The summed E-state index contributed by atoms with van der Waals surface area (Å²) < 4.78 is 5.75. The first-order valence-corrected chi connectivity index (χ1v) is 7.77. The van der Waals surface area contributed by atoms with Gasteiger partial charge in [0.15, 0.2) is 6.10 Å². The van der Waals surface area contributed by atoms with Gasteiger partial charge in [-0.3, -0.25) is 4.79 Å². The summed E-state index contributed by atoms with van der Waals surface area (Å²) in [5.41, 5.74) is 3.09. The average molecular weight is 304 g/mol. The van der Waals surface area contributed by atoms with E-state index in [1.54, 1.807) is 18.3 Å². The number of aromatic nitrogens is 1. The van der Waals surface area contributed by atoms with E-state index < -0.39 is 6.10 Å². The van der Waals surface area contributed by atoms with Crippen molar-refractivity contribution in [3.8, 4) is 5.75 Å². The number of aryl methyl sites for hydroxylation is 2. The number of hydrogen-bond donors (Lipinski definition) is 1. The van der Waals surface area contributed by atoms with Crippen molar-refractivity contribution in [1.29, 1.82) is 0 Å². The summed E-state index contributed by atoms with van der Waals surface area (Å²) in [5.74, 6) is 0.615. The van der Waals surface area contributed by atoms with E-state index in [4.69, 9.17) is 4.74 Å². The molecule has 0 radical (unpaired) electrons. The molecule has 0 fully saturated rings. The van der Waals surface area contributed by atoms with E-state index in [1.165, 1.54) is 0 Å². The quantitative estimate of drug-likeness (QED) is 0.923. The van der Waals surface area contributed by atoms with E-state index in [0.717, 1.165) is 27.6 Å². The van der Waals surface area contributed by atoms with Crippen LogP contribution in [0.25, 0.3) is 0 Å². The number of ether oxygens (including phenoxy) is 1. The standard InChI is InChI=1S/C16H20N2O2S/c1-10-6-5-7-15(11(10)2)20-12(3)16(19)17-8-14-9-21-13(4)18-14/h5-7,9,12H,8H2,1-4H3,(H,17,19)/t12-/m0/s1. The minimum absolute atomic E-state index is 0.137. The number of nitrogens with zero attached hydrogens (tertiary/aromatic N) is 1. The number of carbonyl (C=O) groups is 1. The SMILES string of the molecule is Cc1nc(CNC(=O)[C@H](C)Oc2cccc(C)c2C)cs1. The maximum Gasteiger partial charge on any atom is 0.261 e. The van der Waals surface area contributed by atoms with Crippen molar-refractivity contribution in [2.24, 2.45) is 0 Å². The highest BCUT2D eigenvalue weighted by Gasteiger charge is 2.16. The van der Waals surface area contributed by atoms with Crippen LogP contribution in [0.2, 0.25) is 0 Å². The van der Waals surface area contributed by atoms with Gasteiger partial charge >= 0.3 is 0 Å². The molecule has 5 heteroatoms. The molecule has 1 aromatic heterocycles. The molecule has 0 aliphatic carbocycles. The van der Waals surface area contributed by atoms with Gasteiger partial charge in [0.2, 0.25) is 0 Å². The van der Waals surface area contributed by atoms with Crippen molar-refractivity contribution < 1.29 is 9.53 Å². The molecule has 112 valence electrons. The normalized spacial score (nSPS) is 12.0. The summed E-state index contributed by atoms with van der Waals surface area (Å²) in [6, 6.07) is 5.84. The largest absolute Gasteiger partial charge is 0.481 e. The molecule has 4 nitrogen and oxygen atoms in total. The van der Waals surface area contributed by atoms with Gasteiger partial charge in [-0.15, -0.1) is 11.3 Å². The lowest BCUT2D eigenvalue weighted by atomic mass is 10.1. The maximum absolute atomic E-state index is 12.1. The zero-order valence-electron chi connectivity index (χ0n) is 12.8. The van der Waals surface area contributed by atoms with Crippen molar-refractivity contribution in [3.05, 3.63) is 45.4 Å². The highest BCUT2D eigenvalue weighted by Crippen LogP contribution is 2.21. The summed E-state index contributed by atoms with van der Waals surface area (Å²) in [7, 11) is 0. The van der Waals surface area contributed by atoms with Gasteiger partial charge in [0.25, 0.3) is 5.91 Å². The second-order valence-electron chi connectivity index (χ2n) is 5.03. The molecule has 1 amide bonds. The Kier molecular flexibility index (Phi) is 4.96. The molecule has 1 atom stereocenters. The molecular formula is C16H20N2O2S. The van der Waals surface area contributed by atoms with Crippen LogP contribution in [-0.4, -0.2) is 17.0 Å². The third kappa shape index (κ3) is 4.04. The summed E-state index contributed by atoms with van der Waals surface area (Å²) in [5, 5.41) is 5.80. The number of hydrogen-bond acceptors (Lipinski definition) is 4. The first-order valence-electron chi connectivity index (χ1n) is 6.89. The summed E-state index contributed by atoms with van der Waals surface area (Å²) in [6.45, 7) is 8.15. The van der Waals surface area contributed by atoms with Crippen molar-refractivity contribution >= 4 is 17.2 Å². The molecule has 0 aliphatic rings. The number of nitrogens with one attached hydrogen (secondary N) is 1. The molecule has 0 saturated carbocycles. The summed E-state index contributed by atoms with van der Waals surface area (Å²) in [4.78, 5) is 16.4. The molecule has 2 aromatic rings. The van der Waals surface area contributed by atoms with Gasteiger partial charge in [0, 0.05) is 5.38 Å². The van der Waals surface area contributed by atoms with E-state index in [2.05, 4.69) is 10.3 Å². The molecule has 0 unspecified atom stereocenters. The molecule has 0 bridgehead atoms. The Hall–Kier alpha value is -1.88. The third-order valence-electron chi connectivity index (χ3n) is 3.34. The van der Waals surface area contributed by atoms with Gasteiger partial charge in [0.1, 0.15) is 5.75 Å². The molecule has 0 saturated heterocycles. The Morgan fingerprint density at radius 1 is 1.38 bits per heavy atom. The van der Waals surface area contributed by atoms with Gasteiger partial charge < -0.3 is 10.1 Å². The molecular weight excluding hydrogens is 284 g/mol. The molecule has 1 aromatic carbocycles. The lowest BCUT2D eigenvalue weighted by Gasteiger charge is -2.16. The first kappa shape index (κ1) is 15.5. The van der Waals surface area contributed by atoms with Crippen LogP contribution >= 0.6 is 11.3 Å². The predicted molar refractivity (Wildman–Crippen MR) is 84.7 cm³/mol. The number of thiazole rings is 1. The van der Waals surface area contributed by atoms with E-state index in [1.807, 2.05) is 44.4 Å². The van der Waals surface area contributed by atoms with Crippen LogP contribution in [0.15, 0.2) is 23.6 Å². The fraction of sp³-hybridized carbons (Fsp3) is 0.375. The highest BCUT2D eigenvalue weighted by atomic mass is 32.1. The summed E-state index contributed by atoms with van der Waals surface area (Å²) >= 11 is 1.58. The Bertz CT molecular complexity index is 637. The highest BCUT2D eigenvalue weighted by molar-refractivity contribution is 7.09. The summed E-state index contributed by atoms with van der Waals surface area (Å²) in [6.07, 6.45) is -0.537. The van der Waals surface area contributed by atoms with Crippen molar-refractivity contribution in [2.45, 2.75) is 40.3 Å². The van der Waals surface area contributed by atoms with E-state index in [0.29, 0.717) is 6.54 Å². The van der Waals surface area contributed by atoms with Gasteiger partial charge in [-0.2, -0.15) is 0 Å². The topological polar surface area (TPSA) is 51.2 Å². The maximum atomic E-state index is 12.1.